The molecule has 0 aromatic carbocycles. The summed E-state index contributed by atoms with van der Waals surface area (Å²) >= 11 is 1.86. The van der Waals surface area contributed by atoms with E-state index >= 15 is 0 Å². The third-order valence-corrected chi connectivity index (χ3v) is 5.22. The van der Waals surface area contributed by atoms with Gasteiger partial charge in [0.25, 0.3) is 0 Å². The van der Waals surface area contributed by atoms with Crippen molar-refractivity contribution >= 4 is 11.3 Å². The third kappa shape index (κ3) is 4.83. The van der Waals surface area contributed by atoms with Crippen LogP contribution in [0, 0.1) is 5.92 Å². The van der Waals surface area contributed by atoms with Crippen molar-refractivity contribution < 1.29 is 0 Å². The summed E-state index contributed by atoms with van der Waals surface area (Å²) < 4.78 is 0. The second-order valence-electron chi connectivity index (χ2n) is 6.22. The first-order valence-corrected chi connectivity index (χ1v) is 8.89. The number of aryl methyl sites for hydroxylation is 1. The lowest BCUT2D eigenvalue weighted by Crippen LogP contribution is -2.38. The molecule has 1 aliphatic rings. The van der Waals surface area contributed by atoms with Crippen molar-refractivity contribution in [2.75, 3.05) is 26.7 Å². The van der Waals surface area contributed by atoms with Gasteiger partial charge in [-0.15, -0.1) is 11.3 Å². The maximum Gasteiger partial charge on any atom is 0.0931 e. The second kappa shape index (κ2) is 8.11. The van der Waals surface area contributed by atoms with Crippen LogP contribution in [0.15, 0.2) is 5.38 Å². The van der Waals surface area contributed by atoms with E-state index in [4.69, 9.17) is 4.98 Å². The van der Waals surface area contributed by atoms with Crippen LogP contribution in [0.2, 0.25) is 0 Å². The molecule has 2 heterocycles. The van der Waals surface area contributed by atoms with E-state index in [0.29, 0.717) is 6.04 Å². The highest BCUT2D eigenvalue weighted by Gasteiger charge is 2.21. The summed E-state index contributed by atoms with van der Waals surface area (Å²) in [6, 6.07) is 0.703. The smallest absolute Gasteiger partial charge is 0.0931 e. The van der Waals surface area contributed by atoms with Gasteiger partial charge in [-0.2, -0.15) is 0 Å². The summed E-state index contributed by atoms with van der Waals surface area (Å²) in [6.45, 7) is 8.23. The molecule has 20 heavy (non-hydrogen) atoms. The van der Waals surface area contributed by atoms with Crippen LogP contribution < -0.4 is 5.32 Å². The fourth-order valence-electron chi connectivity index (χ4n) is 2.92. The quantitative estimate of drug-likeness (QED) is 0.784. The molecule has 1 aromatic heterocycles. The van der Waals surface area contributed by atoms with Gasteiger partial charge in [0.1, 0.15) is 0 Å². The Labute approximate surface area is 127 Å². The van der Waals surface area contributed by atoms with Crippen LogP contribution in [0.3, 0.4) is 0 Å². The lowest BCUT2D eigenvalue weighted by atomic mass is 9.93. The number of thiazole rings is 1. The predicted octanol–water partition coefficient (Wildman–Crippen LogP) is 2.96. The van der Waals surface area contributed by atoms with Crippen molar-refractivity contribution in [3.05, 3.63) is 16.1 Å². The molecule has 0 unspecified atom stereocenters. The highest BCUT2D eigenvalue weighted by molar-refractivity contribution is 7.09. The lowest BCUT2D eigenvalue weighted by Gasteiger charge is -2.34. The van der Waals surface area contributed by atoms with E-state index in [0.717, 1.165) is 18.9 Å². The largest absolute Gasteiger partial charge is 0.320 e. The molecule has 1 fully saturated rings. The van der Waals surface area contributed by atoms with Gasteiger partial charge in [0.05, 0.1) is 10.7 Å². The molecule has 1 aromatic rings. The highest BCUT2D eigenvalue weighted by atomic mass is 32.1. The molecular weight excluding hydrogens is 266 g/mol. The molecule has 2 rings (SSSR count). The fourth-order valence-corrected chi connectivity index (χ4v) is 3.87. The Morgan fingerprint density at radius 2 is 2.15 bits per heavy atom. The van der Waals surface area contributed by atoms with E-state index in [1.54, 1.807) is 0 Å². The van der Waals surface area contributed by atoms with E-state index < -0.39 is 0 Å². The molecular formula is C16H29N3S. The molecule has 4 heteroatoms. The van der Waals surface area contributed by atoms with Crippen molar-refractivity contribution in [1.82, 2.24) is 15.2 Å². The van der Waals surface area contributed by atoms with Gasteiger partial charge in [0, 0.05) is 17.8 Å². The maximum atomic E-state index is 4.81. The summed E-state index contributed by atoms with van der Waals surface area (Å²) in [6.07, 6.45) is 6.18. The Morgan fingerprint density at radius 1 is 1.40 bits per heavy atom. The fraction of sp³-hybridized carbons (Fsp3) is 0.812. The summed E-state index contributed by atoms with van der Waals surface area (Å²) in [5.74, 6) is 0.848. The van der Waals surface area contributed by atoms with Crippen LogP contribution in [-0.2, 0) is 12.8 Å². The van der Waals surface area contributed by atoms with Crippen molar-refractivity contribution in [2.24, 2.45) is 5.92 Å². The number of piperidine rings is 1. The summed E-state index contributed by atoms with van der Waals surface area (Å²) in [7, 11) is 2.01. The van der Waals surface area contributed by atoms with Gasteiger partial charge in [0.2, 0.25) is 0 Å². The zero-order chi connectivity index (χ0) is 14.4. The van der Waals surface area contributed by atoms with Crippen LogP contribution in [-0.4, -0.2) is 42.6 Å². The normalized spacial score (nSPS) is 18.0. The standard InChI is InChI=1S/C16H29N3S/c1-13(2)19-9-6-14(7-10-19)11-16-18-15(12-20-16)5-4-8-17-3/h12-14,17H,4-11H2,1-3H3. The summed E-state index contributed by atoms with van der Waals surface area (Å²) in [5.41, 5.74) is 1.29. The summed E-state index contributed by atoms with van der Waals surface area (Å²) in [4.78, 5) is 7.41. The third-order valence-electron chi connectivity index (χ3n) is 4.30. The first-order valence-electron chi connectivity index (χ1n) is 8.01. The van der Waals surface area contributed by atoms with Gasteiger partial charge in [-0.3, -0.25) is 0 Å². The molecule has 3 nitrogen and oxygen atoms in total. The number of hydrogen-bond donors (Lipinski definition) is 1. The molecule has 1 aliphatic heterocycles. The second-order valence-corrected chi connectivity index (χ2v) is 7.16. The number of aromatic nitrogens is 1. The van der Waals surface area contributed by atoms with Crippen molar-refractivity contribution in [3.8, 4) is 0 Å². The topological polar surface area (TPSA) is 28.2 Å². The van der Waals surface area contributed by atoms with Crippen LogP contribution in [0.1, 0.15) is 43.8 Å². The molecule has 0 atom stereocenters. The first-order chi connectivity index (χ1) is 9.69. The summed E-state index contributed by atoms with van der Waals surface area (Å²) in [5, 5.41) is 6.81. The van der Waals surface area contributed by atoms with E-state index in [-0.39, 0.29) is 0 Å². The Morgan fingerprint density at radius 3 is 2.80 bits per heavy atom. The Kier molecular flexibility index (Phi) is 6.46. The molecule has 0 aliphatic carbocycles. The minimum Gasteiger partial charge on any atom is -0.320 e. The van der Waals surface area contributed by atoms with E-state index in [1.807, 2.05) is 18.4 Å². The molecule has 1 saturated heterocycles. The molecule has 0 spiro atoms. The van der Waals surface area contributed by atoms with E-state index in [1.165, 1.54) is 49.5 Å². The van der Waals surface area contributed by atoms with Crippen molar-refractivity contribution in [3.63, 3.8) is 0 Å². The number of nitrogens with one attached hydrogen (secondary N) is 1. The van der Waals surface area contributed by atoms with E-state index in [9.17, 15) is 0 Å². The zero-order valence-electron chi connectivity index (χ0n) is 13.2. The Balaban J connectivity index is 1.74. The van der Waals surface area contributed by atoms with Crippen LogP contribution in [0.5, 0.6) is 0 Å². The molecule has 114 valence electrons. The lowest BCUT2D eigenvalue weighted by molar-refractivity contribution is 0.149. The average molecular weight is 295 g/mol. The number of nitrogens with zero attached hydrogens (tertiary/aromatic N) is 2. The molecule has 0 bridgehead atoms. The zero-order valence-corrected chi connectivity index (χ0v) is 14.0. The van der Waals surface area contributed by atoms with Crippen LogP contribution in [0.4, 0.5) is 0 Å². The molecule has 0 amide bonds. The van der Waals surface area contributed by atoms with Gasteiger partial charge >= 0.3 is 0 Å². The number of likely N-dealkylation sites (tertiary alicyclic amines) is 1. The Bertz CT molecular complexity index is 381. The minimum atomic E-state index is 0.703. The van der Waals surface area contributed by atoms with E-state index in [2.05, 4.69) is 29.4 Å². The molecule has 1 N–H and O–H groups in total. The average Bonchev–Trinajstić information content (AvgIpc) is 2.87. The van der Waals surface area contributed by atoms with Gasteiger partial charge in [-0.1, -0.05) is 0 Å². The number of rotatable bonds is 7. The highest BCUT2D eigenvalue weighted by Crippen LogP contribution is 2.24. The monoisotopic (exact) mass is 295 g/mol. The number of hydrogen-bond acceptors (Lipinski definition) is 4. The Hall–Kier alpha value is -0.450. The van der Waals surface area contributed by atoms with Gasteiger partial charge in [0.15, 0.2) is 0 Å². The van der Waals surface area contributed by atoms with Gasteiger partial charge in [-0.25, -0.2) is 4.98 Å². The van der Waals surface area contributed by atoms with Crippen molar-refractivity contribution in [2.45, 2.75) is 52.0 Å². The predicted molar refractivity (Wildman–Crippen MR) is 87.5 cm³/mol. The first kappa shape index (κ1) is 15.9. The van der Waals surface area contributed by atoms with Gasteiger partial charge in [-0.05, 0) is 72.1 Å². The van der Waals surface area contributed by atoms with Crippen LogP contribution in [0.25, 0.3) is 0 Å². The van der Waals surface area contributed by atoms with Crippen LogP contribution >= 0.6 is 11.3 Å². The SMILES string of the molecule is CNCCCc1csc(CC2CCN(C(C)C)CC2)n1. The minimum absolute atomic E-state index is 0.703. The molecule has 0 saturated carbocycles. The molecule has 0 radical (unpaired) electrons. The maximum absolute atomic E-state index is 4.81. The van der Waals surface area contributed by atoms with Gasteiger partial charge < -0.3 is 10.2 Å². The van der Waals surface area contributed by atoms with Crippen molar-refractivity contribution in [1.29, 1.82) is 0 Å².